The summed E-state index contributed by atoms with van der Waals surface area (Å²) in [5.41, 5.74) is 1.23. The molecule has 0 spiro atoms. The minimum atomic E-state index is -0.733. The first-order valence-corrected chi connectivity index (χ1v) is 8.91. The van der Waals surface area contributed by atoms with Gasteiger partial charge < -0.3 is 14.6 Å². The van der Waals surface area contributed by atoms with E-state index in [2.05, 4.69) is 13.8 Å². The van der Waals surface area contributed by atoms with Gasteiger partial charge in [-0.15, -0.1) is 0 Å². The molecule has 0 saturated carbocycles. The number of aliphatic hydroxyl groups excluding tert-OH is 1. The maximum atomic E-state index is 11.8. The quantitative estimate of drug-likeness (QED) is 0.377. The SMILES string of the molecule is CC(=O)CCCCCCCC(=C[C@H]1C(=O)O[C@@H](C)[C@H]1O)C(C)C. The second-order valence-corrected chi connectivity index (χ2v) is 7.02. The van der Waals surface area contributed by atoms with Gasteiger partial charge in [0.1, 0.15) is 23.9 Å². The van der Waals surface area contributed by atoms with Crippen LogP contribution in [0.15, 0.2) is 11.6 Å². The summed E-state index contributed by atoms with van der Waals surface area (Å²) in [7, 11) is 0. The van der Waals surface area contributed by atoms with E-state index in [9.17, 15) is 14.7 Å². The lowest BCUT2D eigenvalue weighted by Crippen LogP contribution is -2.23. The van der Waals surface area contributed by atoms with E-state index in [1.165, 1.54) is 5.57 Å². The van der Waals surface area contributed by atoms with Crippen LogP contribution in [0.4, 0.5) is 0 Å². The van der Waals surface area contributed by atoms with Crippen molar-refractivity contribution in [1.29, 1.82) is 0 Å². The van der Waals surface area contributed by atoms with Gasteiger partial charge in [0.2, 0.25) is 0 Å². The third kappa shape index (κ3) is 6.86. The summed E-state index contributed by atoms with van der Waals surface area (Å²) in [4.78, 5) is 22.7. The number of esters is 1. The number of hydrogen-bond acceptors (Lipinski definition) is 4. The van der Waals surface area contributed by atoms with Crippen LogP contribution in [0.2, 0.25) is 0 Å². The van der Waals surface area contributed by atoms with Crippen molar-refractivity contribution in [2.75, 3.05) is 0 Å². The average molecular weight is 324 g/mol. The highest BCUT2D eigenvalue weighted by atomic mass is 16.6. The Balaban J connectivity index is 2.39. The number of unbranched alkanes of at least 4 members (excludes halogenated alkanes) is 4. The first-order chi connectivity index (χ1) is 10.8. The van der Waals surface area contributed by atoms with E-state index in [1.54, 1.807) is 13.8 Å². The van der Waals surface area contributed by atoms with E-state index >= 15 is 0 Å². The first-order valence-electron chi connectivity index (χ1n) is 8.91. The topological polar surface area (TPSA) is 63.6 Å². The molecule has 1 heterocycles. The fourth-order valence-corrected chi connectivity index (χ4v) is 2.96. The van der Waals surface area contributed by atoms with Gasteiger partial charge in [0, 0.05) is 6.42 Å². The van der Waals surface area contributed by atoms with Gasteiger partial charge in [-0.2, -0.15) is 0 Å². The van der Waals surface area contributed by atoms with Gasteiger partial charge in [0.15, 0.2) is 0 Å². The van der Waals surface area contributed by atoms with E-state index in [-0.39, 0.29) is 11.8 Å². The molecule has 132 valence electrons. The van der Waals surface area contributed by atoms with Crippen molar-refractivity contribution in [3.05, 3.63) is 11.6 Å². The summed E-state index contributed by atoms with van der Waals surface area (Å²) in [6.07, 6.45) is 7.87. The highest BCUT2D eigenvalue weighted by Gasteiger charge is 2.39. The molecule has 0 amide bonds. The second-order valence-electron chi connectivity index (χ2n) is 7.02. The standard InChI is InChI=1S/C19H32O4/c1-13(2)16(11-9-7-5-6-8-10-14(3)20)12-17-18(21)15(4)23-19(17)22/h12-13,15,17-18,21H,5-11H2,1-4H3/t15-,17+,18+/m0/s1. The largest absolute Gasteiger partial charge is 0.459 e. The molecule has 0 aromatic carbocycles. The van der Waals surface area contributed by atoms with E-state index < -0.39 is 18.1 Å². The van der Waals surface area contributed by atoms with Gasteiger partial charge in [-0.3, -0.25) is 4.79 Å². The maximum Gasteiger partial charge on any atom is 0.315 e. The summed E-state index contributed by atoms with van der Waals surface area (Å²) >= 11 is 0. The minimum absolute atomic E-state index is 0.270. The Morgan fingerprint density at radius 2 is 1.74 bits per heavy atom. The summed E-state index contributed by atoms with van der Waals surface area (Å²) in [5.74, 6) is -0.194. The van der Waals surface area contributed by atoms with Crippen molar-refractivity contribution in [1.82, 2.24) is 0 Å². The Kier molecular flexibility index (Phi) is 8.53. The van der Waals surface area contributed by atoms with Crippen molar-refractivity contribution >= 4 is 11.8 Å². The molecule has 1 rings (SSSR count). The predicted octanol–water partition coefficient (Wildman–Crippen LogP) is 3.81. The van der Waals surface area contributed by atoms with Crippen LogP contribution in [0.5, 0.6) is 0 Å². The summed E-state index contributed by atoms with van der Waals surface area (Å²) in [5, 5.41) is 10.1. The molecule has 0 radical (unpaired) electrons. The molecule has 0 unspecified atom stereocenters. The average Bonchev–Trinajstić information content (AvgIpc) is 2.70. The molecule has 1 fully saturated rings. The zero-order valence-corrected chi connectivity index (χ0v) is 15.0. The number of Topliss-reactive ketones (excluding diaryl/α,β-unsaturated/α-hetero) is 1. The summed E-state index contributed by atoms with van der Waals surface area (Å²) in [6.45, 7) is 7.61. The number of hydrogen-bond donors (Lipinski definition) is 1. The zero-order valence-electron chi connectivity index (χ0n) is 15.0. The Labute approximate surface area is 140 Å². The van der Waals surface area contributed by atoms with Crippen molar-refractivity contribution in [3.63, 3.8) is 0 Å². The Hall–Kier alpha value is -1.16. The predicted molar refractivity (Wildman–Crippen MR) is 91.0 cm³/mol. The molecule has 3 atom stereocenters. The van der Waals surface area contributed by atoms with Gasteiger partial charge in [0.05, 0.1) is 0 Å². The third-order valence-electron chi connectivity index (χ3n) is 4.55. The van der Waals surface area contributed by atoms with Gasteiger partial charge >= 0.3 is 5.97 Å². The van der Waals surface area contributed by atoms with Crippen molar-refractivity contribution < 1.29 is 19.4 Å². The Bertz CT molecular complexity index is 425. The molecular weight excluding hydrogens is 292 g/mol. The lowest BCUT2D eigenvalue weighted by molar-refractivity contribution is -0.142. The van der Waals surface area contributed by atoms with Gasteiger partial charge in [-0.1, -0.05) is 44.8 Å². The minimum Gasteiger partial charge on any atom is -0.459 e. The molecule has 23 heavy (non-hydrogen) atoms. The third-order valence-corrected chi connectivity index (χ3v) is 4.55. The van der Waals surface area contributed by atoms with Crippen LogP contribution >= 0.6 is 0 Å². The molecule has 4 heteroatoms. The van der Waals surface area contributed by atoms with Crippen LogP contribution in [0.3, 0.4) is 0 Å². The van der Waals surface area contributed by atoms with Crippen LogP contribution in [0, 0.1) is 11.8 Å². The number of allylic oxidation sites excluding steroid dienone is 1. The highest BCUT2D eigenvalue weighted by molar-refractivity contribution is 5.78. The molecule has 0 bridgehead atoms. The summed E-state index contributed by atoms with van der Waals surface area (Å²) < 4.78 is 5.09. The van der Waals surface area contributed by atoms with E-state index in [4.69, 9.17) is 4.74 Å². The van der Waals surface area contributed by atoms with Crippen LogP contribution < -0.4 is 0 Å². The molecule has 4 nitrogen and oxygen atoms in total. The van der Waals surface area contributed by atoms with Gasteiger partial charge in [-0.05, 0) is 39.0 Å². The lowest BCUT2D eigenvalue weighted by Gasteiger charge is -2.15. The lowest BCUT2D eigenvalue weighted by atomic mass is 9.90. The fourth-order valence-electron chi connectivity index (χ4n) is 2.96. The number of carbonyl (C=O) groups is 2. The van der Waals surface area contributed by atoms with Crippen molar-refractivity contribution in [3.8, 4) is 0 Å². The molecule has 0 aliphatic carbocycles. The zero-order chi connectivity index (χ0) is 17.4. The van der Waals surface area contributed by atoms with Crippen molar-refractivity contribution in [2.24, 2.45) is 11.8 Å². The van der Waals surface area contributed by atoms with E-state index in [0.29, 0.717) is 12.3 Å². The molecule has 1 saturated heterocycles. The summed E-state index contributed by atoms with van der Waals surface area (Å²) in [6, 6.07) is 0. The normalized spacial score (nSPS) is 25.0. The smallest absolute Gasteiger partial charge is 0.315 e. The molecule has 0 aromatic rings. The second kappa shape index (κ2) is 9.86. The number of cyclic esters (lactones) is 1. The van der Waals surface area contributed by atoms with Crippen LogP contribution in [-0.4, -0.2) is 29.1 Å². The van der Waals surface area contributed by atoms with Crippen molar-refractivity contribution in [2.45, 2.75) is 84.8 Å². The van der Waals surface area contributed by atoms with Crippen LogP contribution in [-0.2, 0) is 14.3 Å². The Morgan fingerprint density at radius 1 is 1.17 bits per heavy atom. The van der Waals surface area contributed by atoms with Gasteiger partial charge in [-0.25, -0.2) is 0 Å². The fraction of sp³-hybridized carbons (Fsp3) is 0.789. The number of aliphatic hydroxyl groups is 1. The van der Waals surface area contributed by atoms with Crippen LogP contribution in [0.1, 0.15) is 72.6 Å². The van der Waals surface area contributed by atoms with E-state index in [1.807, 2.05) is 6.08 Å². The Morgan fingerprint density at radius 3 is 2.22 bits per heavy atom. The maximum absolute atomic E-state index is 11.8. The monoisotopic (exact) mass is 324 g/mol. The molecule has 1 aliphatic heterocycles. The highest BCUT2D eigenvalue weighted by Crippen LogP contribution is 2.28. The molecular formula is C19H32O4. The first kappa shape index (κ1) is 19.9. The number of carbonyl (C=O) groups excluding carboxylic acids is 2. The number of rotatable bonds is 10. The molecule has 1 aliphatic rings. The van der Waals surface area contributed by atoms with E-state index in [0.717, 1.165) is 38.5 Å². The number of ketones is 1. The number of ether oxygens (including phenoxy) is 1. The van der Waals surface area contributed by atoms with Gasteiger partial charge in [0.25, 0.3) is 0 Å². The molecule has 1 N–H and O–H groups in total. The molecule has 0 aromatic heterocycles. The van der Waals surface area contributed by atoms with Crippen LogP contribution in [0.25, 0.3) is 0 Å².